The van der Waals surface area contributed by atoms with Gasteiger partial charge in [0.25, 0.3) is 0 Å². The van der Waals surface area contributed by atoms with Crippen LogP contribution in [0.1, 0.15) is 5.56 Å². The first kappa shape index (κ1) is 17.7. The van der Waals surface area contributed by atoms with Crippen LogP contribution in [0, 0.1) is 5.82 Å². The monoisotopic (exact) mass is 343 g/mol. The van der Waals surface area contributed by atoms with Crippen molar-refractivity contribution in [2.75, 3.05) is 11.9 Å². The quantitative estimate of drug-likeness (QED) is 0.647. The summed E-state index contributed by atoms with van der Waals surface area (Å²) in [5, 5.41) is 6.25. The number of hydrogen-bond donors (Lipinski definition) is 1. The van der Waals surface area contributed by atoms with Crippen molar-refractivity contribution < 1.29 is 27.1 Å². The minimum atomic E-state index is -4.41. The van der Waals surface area contributed by atoms with Crippen molar-refractivity contribution in [2.24, 2.45) is 0 Å². The van der Waals surface area contributed by atoms with Gasteiger partial charge in [-0.1, -0.05) is 12.1 Å². The van der Waals surface area contributed by atoms with Crippen LogP contribution in [-0.2, 0) is 16.3 Å². The summed E-state index contributed by atoms with van der Waals surface area (Å²) in [4.78, 5) is 11.7. The Balaban J connectivity index is 1.83. The molecule has 0 saturated heterocycles. The minimum Gasteiger partial charge on any atom is -0.350 e. The average Bonchev–Trinajstić information content (AvgIpc) is 2.93. The van der Waals surface area contributed by atoms with Gasteiger partial charge < -0.3 is 10.1 Å². The molecule has 5 nitrogen and oxygen atoms in total. The highest BCUT2D eigenvalue weighted by molar-refractivity contribution is 6.01. The number of amides is 1. The Labute approximate surface area is 134 Å². The fraction of sp³-hybridized carbons (Fsp3) is 0.200. The first-order valence-corrected chi connectivity index (χ1v) is 6.73. The zero-order valence-corrected chi connectivity index (χ0v) is 12.3. The van der Waals surface area contributed by atoms with E-state index in [9.17, 15) is 22.4 Å². The predicted molar refractivity (Wildman–Crippen MR) is 78.3 cm³/mol. The van der Waals surface area contributed by atoms with Crippen LogP contribution in [0.2, 0.25) is 0 Å². The van der Waals surface area contributed by atoms with Gasteiger partial charge in [0.2, 0.25) is 5.91 Å². The molecule has 0 unspecified atom stereocenters. The highest BCUT2D eigenvalue weighted by Crippen LogP contribution is 2.15. The Hall–Kier alpha value is -2.68. The number of nitrogens with zero attached hydrogens (tertiary/aromatic N) is 2. The molecule has 2 aromatic rings. The van der Waals surface area contributed by atoms with Crippen LogP contribution < -0.4 is 5.32 Å². The van der Waals surface area contributed by atoms with Gasteiger partial charge in [-0.15, -0.1) is 0 Å². The maximum Gasteiger partial charge on any atom is 0.411 e. The molecular weight excluding hydrogens is 330 g/mol. The molecule has 0 fully saturated rings. The Morgan fingerprint density at radius 1 is 1.29 bits per heavy atom. The van der Waals surface area contributed by atoms with Crippen molar-refractivity contribution in [3.63, 3.8) is 0 Å². The molecule has 0 aliphatic carbocycles. The summed E-state index contributed by atoms with van der Waals surface area (Å²) < 4.78 is 54.1. The second kappa shape index (κ2) is 7.73. The van der Waals surface area contributed by atoms with E-state index in [1.807, 2.05) is 0 Å². The van der Waals surface area contributed by atoms with Crippen molar-refractivity contribution in [3.05, 3.63) is 54.1 Å². The van der Waals surface area contributed by atoms with Crippen LogP contribution in [0.4, 0.5) is 23.2 Å². The van der Waals surface area contributed by atoms with Crippen molar-refractivity contribution in [1.82, 2.24) is 9.78 Å². The van der Waals surface area contributed by atoms with E-state index in [-0.39, 0.29) is 12.5 Å². The average molecular weight is 343 g/mol. The maximum atomic E-state index is 12.7. The van der Waals surface area contributed by atoms with Crippen molar-refractivity contribution in [3.8, 4) is 0 Å². The smallest absolute Gasteiger partial charge is 0.350 e. The second-order valence-electron chi connectivity index (χ2n) is 4.74. The Bertz CT molecular complexity index is 708. The van der Waals surface area contributed by atoms with Gasteiger partial charge in [0.15, 0.2) is 0 Å². The lowest BCUT2D eigenvalue weighted by Crippen LogP contribution is -2.18. The van der Waals surface area contributed by atoms with E-state index >= 15 is 0 Å². The van der Waals surface area contributed by atoms with Gasteiger partial charge in [-0.05, 0) is 23.8 Å². The standard InChI is InChI=1S/C15H13F4N3O2/c16-12-4-1-11(2-5-12)3-6-14(23)21-13-7-20-22(8-13)10-24-9-15(17,18)19/h1-8H,9-10H2,(H,21,23)/b6-3+. The number of alkyl halides is 3. The molecule has 9 heteroatoms. The van der Waals surface area contributed by atoms with E-state index in [0.29, 0.717) is 11.3 Å². The van der Waals surface area contributed by atoms with Crippen LogP contribution >= 0.6 is 0 Å². The van der Waals surface area contributed by atoms with Gasteiger partial charge in [0.05, 0.1) is 18.1 Å². The first-order valence-electron chi connectivity index (χ1n) is 6.73. The lowest BCUT2D eigenvalue weighted by molar-refractivity contribution is -0.182. The number of halogens is 4. The van der Waals surface area contributed by atoms with Crippen LogP contribution in [0.25, 0.3) is 6.08 Å². The van der Waals surface area contributed by atoms with Gasteiger partial charge in [0.1, 0.15) is 19.2 Å². The second-order valence-corrected chi connectivity index (χ2v) is 4.74. The van der Waals surface area contributed by atoms with Crippen molar-refractivity contribution in [1.29, 1.82) is 0 Å². The van der Waals surface area contributed by atoms with E-state index in [1.54, 1.807) is 0 Å². The summed E-state index contributed by atoms with van der Waals surface area (Å²) in [7, 11) is 0. The highest BCUT2D eigenvalue weighted by atomic mass is 19.4. The number of hydrogen-bond acceptors (Lipinski definition) is 3. The number of carbonyl (C=O) groups excluding carboxylic acids is 1. The SMILES string of the molecule is O=C(/C=C/c1ccc(F)cc1)Nc1cnn(COCC(F)(F)F)c1. The fourth-order valence-electron chi connectivity index (χ4n) is 1.68. The van der Waals surface area contributed by atoms with E-state index in [1.165, 1.54) is 48.8 Å². The summed E-state index contributed by atoms with van der Waals surface area (Å²) in [6.07, 6.45) is 0.937. The van der Waals surface area contributed by atoms with E-state index < -0.39 is 18.7 Å². The van der Waals surface area contributed by atoms with Crippen molar-refractivity contribution in [2.45, 2.75) is 12.9 Å². The molecule has 0 saturated carbocycles. The molecule has 0 bridgehead atoms. The van der Waals surface area contributed by atoms with Gasteiger partial charge in [-0.2, -0.15) is 18.3 Å². The largest absolute Gasteiger partial charge is 0.411 e. The molecule has 2 rings (SSSR count). The molecule has 1 aromatic heterocycles. The molecule has 0 radical (unpaired) electrons. The van der Waals surface area contributed by atoms with Gasteiger partial charge in [-0.25, -0.2) is 9.07 Å². The van der Waals surface area contributed by atoms with Gasteiger partial charge >= 0.3 is 6.18 Å². The maximum absolute atomic E-state index is 12.7. The predicted octanol–water partition coefficient (Wildman–Crippen LogP) is 3.21. The number of aromatic nitrogens is 2. The molecule has 1 heterocycles. The molecule has 1 aromatic carbocycles. The topological polar surface area (TPSA) is 56.2 Å². The van der Waals surface area contributed by atoms with E-state index in [2.05, 4.69) is 15.2 Å². The number of ether oxygens (including phenoxy) is 1. The van der Waals surface area contributed by atoms with Crippen LogP contribution in [0.3, 0.4) is 0 Å². The molecule has 0 aliphatic rings. The van der Waals surface area contributed by atoms with Gasteiger partial charge in [0, 0.05) is 6.08 Å². The van der Waals surface area contributed by atoms with Crippen LogP contribution in [0.15, 0.2) is 42.7 Å². The summed E-state index contributed by atoms with van der Waals surface area (Å²) in [5.41, 5.74) is 0.946. The molecular formula is C15H13F4N3O2. The molecule has 1 amide bonds. The Morgan fingerprint density at radius 2 is 2.00 bits per heavy atom. The Kier molecular flexibility index (Phi) is 5.69. The summed E-state index contributed by atoms with van der Waals surface area (Å²) in [6.45, 7) is -1.77. The van der Waals surface area contributed by atoms with E-state index in [0.717, 1.165) is 4.68 Å². The first-order chi connectivity index (χ1) is 11.3. The third-order valence-electron chi connectivity index (χ3n) is 2.69. The molecule has 128 valence electrons. The number of benzene rings is 1. The number of nitrogens with one attached hydrogen (secondary N) is 1. The summed E-state index contributed by atoms with van der Waals surface area (Å²) in [5.74, 6) is -0.841. The lowest BCUT2D eigenvalue weighted by Gasteiger charge is -2.07. The zero-order chi connectivity index (χ0) is 17.6. The lowest BCUT2D eigenvalue weighted by atomic mass is 10.2. The van der Waals surface area contributed by atoms with Crippen LogP contribution in [-0.4, -0.2) is 28.5 Å². The molecule has 24 heavy (non-hydrogen) atoms. The molecule has 0 spiro atoms. The minimum absolute atomic E-state index is 0.305. The molecule has 0 atom stereocenters. The summed E-state index contributed by atoms with van der Waals surface area (Å²) in [6, 6.07) is 5.55. The number of rotatable bonds is 6. The Morgan fingerprint density at radius 3 is 2.67 bits per heavy atom. The highest BCUT2D eigenvalue weighted by Gasteiger charge is 2.27. The summed E-state index contributed by atoms with van der Waals surface area (Å²) >= 11 is 0. The normalized spacial score (nSPS) is 11.8. The van der Waals surface area contributed by atoms with E-state index in [4.69, 9.17) is 0 Å². The fourth-order valence-corrected chi connectivity index (χ4v) is 1.68. The third kappa shape index (κ3) is 6.21. The molecule has 0 aliphatic heterocycles. The zero-order valence-electron chi connectivity index (χ0n) is 12.3. The third-order valence-corrected chi connectivity index (χ3v) is 2.69. The van der Waals surface area contributed by atoms with Gasteiger partial charge in [-0.3, -0.25) is 4.79 Å². The number of anilines is 1. The molecule has 1 N–H and O–H groups in total. The van der Waals surface area contributed by atoms with Crippen LogP contribution in [0.5, 0.6) is 0 Å². The number of carbonyl (C=O) groups is 1. The van der Waals surface area contributed by atoms with Crippen molar-refractivity contribution >= 4 is 17.7 Å².